The molecule has 0 radical (unpaired) electrons. The number of piperazine rings is 1. The molecule has 0 aliphatic carbocycles. The Morgan fingerprint density at radius 3 is 2.28 bits per heavy atom. The van der Waals surface area contributed by atoms with Gasteiger partial charge in [0.15, 0.2) is 5.75 Å². The van der Waals surface area contributed by atoms with Crippen molar-refractivity contribution in [3.63, 3.8) is 0 Å². The fraction of sp³-hybridized carbons (Fsp3) is 0.583. The zero-order chi connectivity index (χ0) is 13.3. The van der Waals surface area contributed by atoms with E-state index in [4.69, 9.17) is 4.74 Å². The summed E-state index contributed by atoms with van der Waals surface area (Å²) in [6.45, 7) is 5.92. The molecule has 1 fully saturated rings. The molecule has 1 amide bonds. The number of hydrogen-bond acceptors (Lipinski definition) is 5. The van der Waals surface area contributed by atoms with Crippen LogP contribution in [0, 0.1) is 0 Å². The van der Waals surface area contributed by atoms with E-state index < -0.39 is 10.9 Å². The van der Waals surface area contributed by atoms with E-state index in [1.54, 1.807) is 11.8 Å². The molecule has 1 aliphatic rings. The second-order valence-corrected chi connectivity index (χ2v) is 4.26. The van der Waals surface area contributed by atoms with Gasteiger partial charge in [-0.2, -0.15) is 0 Å². The molecule has 0 N–H and O–H groups in total. The normalized spacial score (nSPS) is 16.1. The Bertz CT molecular complexity index is 522. The second kappa shape index (κ2) is 4.80. The molecular formula is C12H16N2O4. The minimum Gasteiger partial charge on any atom is -0.488 e. The molecule has 98 valence electrons. The number of ether oxygens (including phenoxy) is 1. The van der Waals surface area contributed by atoms with Crippen molar-refractivity contribution in [3.8, 4) is 5.75 Å². The van der Waals surface area contributed by atoms with E-state index >= 15 is 0 Å². The monoisotopic (exact) mass is 252 g/mol. The third-order valence-corrected chi connectivity index (χ3v) is 3.17. The van der Waals surface area contributed by atoms with Crippen LogP contribution in [0.2, 0.25) is 0 Å². The number of anilines is 1. The number of rotatable bonds is 3. The Balaban J connectivity index is 2.11. The van der Waals surface area contributed by atoms with Crippen molar-refractivity contribution in [2.45, 2.75) is 13.8 Å². The molecule has 1 aromatic carbocycles. The predicted octanol–water partition coefficient (Wildman–Crippen LogP) is -0.650. The molecule has 0 atom stereocenters. The van der Waals surface area contributed by atoms with Crippen molar-refractivity contribution >= 4 is 11.6 Å². The van der Waals surface area contributed by atoms with Crippen molar-refractivity contribution in [1.82, 2.24) is 4.90 Å². The van der Waals surface area contributed by atoms with Gasteiger partial charge >= 0.3 is 0 Å². The summed E-state index contributed by atoms with van der Waals surface area (Å²) in [7, 11) is 0. The van der Waals surface area contributed by atoms with Crippen molar-refractivity contribution in [2.24, 2.45) is 0 Å². The van der Waals surface area contributed by atoms with Crippen LogP contribution in [0.4, 0.5) is 5.69 Å². The summed E-state index contributed by atoms with van der Waals surface area (Å²) in [5.41, 5.74) is -0.638. The maximum Gasteiger partial charge on any atom is 0.272 e. The summed E-state index contributed by atoms with van der Waals surface area (Å²) < 4.78 is 5.19. The number of amides is 1. The van der Waals surface area contributed by atoms with Crippen LogP contribution in [0.5, 0.6) is 5.75 Å². The molecule has 18 heavy (non-hydrogen) atoms. The predicted molar refractivity (Wildman–Crippen MR) is 67.0 cm³/mol. The maximum atomic E-state index is 11.6. The smallest absolute Gasteiger partial charge is 0.272 e. The summed E-state index contributed by atoms with van der Waals surface area (Å²) in [5, 5.41) is 0. The average Bonchev–Trinajstić information content (AvgIpc) is 2.38. The molecule has 6 nitrogen and oxygen atoms in total. The number of carbonyl (C=O) groups is 1. The molecule has 1 heterocycles. The first-order chi connectivity index (χ1) is 8.56. The Kier molecular flexibility index (Phi) is 3.36. The minimum atomic E-state index is -0.541. The zero-order valence-electron chi connectivity index (χ0n) is 10.6. The SMILES string of the molecule is CCOc1c(N2CCN(C(C)=O)CC2)c(=O)c1=O. The highest BCUT2D eigenvalue weighted by Gasteiger charge is 2.29. The molecule has 1 aromatic rings. The van der Waals surface area contributed by atoms with Gasteiger partial charge in [0.25, 0.3) is 10.9 Å². The van der Waals surface area contributed by atoms with Gasteiger partial charge in [0, 0.05) is 33.1 Å². The molecule has 1 saturated heterocycles. The van der Waals surface area contributed by atoms with Crippen LogP contribution in [0.25, 0.3) is 0 Å². The molecular weight excluding hydrogens is 236 g/mol. The van der Waals surface area contributed by atoms with E-state index in [1.807, 2.05) is 4.90 Å². The molecule has 0 spiro atoms. The summed E-state index contributed by atoms with van der Waals surface area (Å²) >= 11 is 0. The van der Waals surface area contributed by atoms with E-state index in [0.717, 1.165) is 0 Å². The van der Waals surface area contributed by atoms with Crippen LogP contribution >= 0.6 is 0 Å². The van der Waals surface area contributed by atoms with Crippen LogP contribution in [0.3, 0.4) is 0 Å². The Labute approximate surface area is 104 Å². The highest BCUT2D eigenvalue weighted by atomic mass is 16.5. The Morgan fingerprint density at radius 1 is 1.17 bits per heavy atom. The minimum absolute atomic E-state index is 0.0321. The van der Waals surface area contributed by atoms with Gasteiger partial charge < -0.3 is 14.5 Å². The van der Waals surface area contributed by atoms with E-state index in [0.29, 0.717) is 38.5 Å². The topological polar surface area (TPSA) is 66.9 Å². The number of nitrogens with zero attached hydrogens (tertiary/aromatic N) is 2. The van der Waals surface area contributed by atoms with Crippen LogP contribution in [0.1, 0.15) is 13.8 Å². The number of hydrogen-bond donors (Lipinski definition) is 0. The summed E-state index contributed by atoms with van der Waals surface area (Å²) in [6.07, 6.45) is 0. The summed E-state index contributed by atoms with van der Waals surface area (Å²) in [4.78, 5) is 37.6. The van der Waals surface area contributed by atoms with Gasteiger partial charge in [0.05, 0.1) is 6.61 Å². The van der Waals surface area contributed by atoms with Crippen molar-refractivity contribution in [1.29, 1.82) is 0 Å². The van der Waals surface area contributed by atoms with Crippen LogP contribution in [-0.2, 0) is 4.79 Å². The standard InChI is InChI=1S/C12H16N2O4/c1-3-18-12-9(10(16)11(12)17)14-6-4-13(5-7-14)8(2)15/h3-7H2,1-2H3. The third-order valence-electron chi connectivity index (χ3n) is 3.17. The lowest BCUT2D eigenvalue weighted by atomic mass is 10.1. The molecule has 6 heteroatoms. The van der Waals surface area contributed by atoms with Gasteiger partial charge in [-0.25, -0.2) is 0 Å². The first-order valence-corrected chi connectivity index (χ1v) is 6.02. The van der Waals surface area contributed by atoms with E-state index in [-0.39, 0.29) is 11.7 Å². The second-order valence-electron chi connectivity index (χ2n) is 4.26. The number of carbonyl (C=O) groups excluding carboxylic acids is 1. The van der Waals surface area contributed by atoms with Crippen LogP contribution < -0.4 is 20.5 Å². The molecule has 0 unspecified atom stereocenters. The third kappa shape index (κ3) is 1.98. The first kappa shape index (κ1) is 12.6. The van der Waals surface area contributed by atoms with E-state index in [1.165, 1.54) is 6.92 Å². The van der Waals surface area contributed by atoms with Gasteiger partial charge in [0.1, 0.15) is 5.69 Å². The van der Waals surface area contributed by atoms with Gasteiger partial charge in [-0.3, -0.25) is 14.4 Å². The molecule has 1 aliphatic heterocycles. The fourth-order valence-corrected chi connectivity index (χ4v) is 2.17. The van der Waals surface area contributed by atoms with Crippen LogP contribution in [0.15, 0.2) is 9.59 Å². The van der Waals surface area contributed by atoms with Gasteiger partial charge in [0.2, 0.25) is 5.91 Å². The van der Waals surface area contributed by atoms with Crippen LogP contribution in [-0.4, -0.2) is 43.6 Å². The van der Waals surface area contributed by atoms with E-state index in [9.17, 15) is 14.4 Å². The fourth-order valence-electron chi connectivity index (χ4n) is 2.17. The molecule has 2 rings (SSSR count). The molecule has 0 aromatic heterocycles. The average molecular weight is 252 g/mol. The van der Waals surface area contributed by atoms with Gasteiger partial charge in [-0.05, 0) is 6.92 Å². The lowest BCUT2D eigenvalue weighted by Gasteiger charge is -2.36. The maximum absolute atomic E-state index is 11.6. The highest BCUT2D eigenvalue weighted by Crippen LogP contribution is 2.23. The van der Waals surface area contributed by atoms with Crippen molar-refractivity contribution in [2.75, 3.05) is 37.7 Å². The van der Waals surface area contributed by atoms with Crippen molar-refractivity contribution < 1.29 is 9.53 Å². The molecule has 0 bridgehead atoms. The summed E-state index contributed by atoms with van der Waals surface area (Å²) in [6, 6.07) is 0. The lowest BCUT2D eigenvalue weighted by molar-refractivity contribution is -0.129. The molecule has 0 saturated carbocycles. The van der Waals surface area contributed by atoms with Gasteiger partial charge in [-0.15, -0.1) is 0 Å². The van der Waals surface area contributed by atoms with Gasteiger partial charge in [-0.1, -0.05) is 0 Å². The summed E-state index contributed by atoms with van der Waals surface area (Å²) in [5.74, 6) is 0.212. The Morgan fingerprint density at radius 2 is 1.78 bits per heavy atom. The Hall–Kier alpha value is -1.85. The zero-order valence-corrected chi connectivity index (χ0v) is 10.6. The largest absolute Gasteiger partial charge is 0.488 e. The van der Waals surface area contributed by atoms with Crippen molar-refractivity contribution in [3.05, 3.63) is 20.4 Å². The quantitative estimate of drug-likeness (QED) is 0.669. The highest BCUT2D eigenvalue weighted by molar-refractivity contribution is 5.74. The van der Waals surface area contributed by atoms with E-state index in [2.05, 4.69) is 0 Å². The first-order valence-electron chi connectivity index (χ1n) is 6.02. The lowest BCUT2D eigenvalue weighted by Crippen LogP contribution is -2.52.